The van der Waals surface area contributed by atoms with Gasteiger partial charge in [0.1, 0.15) is 11.2 Å². The quantitative estimate of drug-likeness (QED) is 0.880. The first-order valence-electron chi connectivity index (χ1n) is 5.46. The summed E-state index contributed by atoms with van der Waals surface area (Å²) in [5.41, 5.74) is 1.60. The molecule has 0 aliphatic heterocycles. The first-order valence-corrected chi connectivity index (χ1v) is 5.84. The molecular weight excluding hydrogens is 234 g/mol. The van der Waals surface area contributed by atoms with E-state index in [4.69, 9.17) is 16.9 Å². The van der Waals surface area contributed by atoms with Crippen molar-refractivity contribution < 1.29 is 0 Å². The molecule has 0 radical (unpaired) electrons. The van der Waals surface area contributed by atoms with E-state index in [-0.39, 0.29) is 5.41 Å². The van der Waals surface area contributed by atoms with Gasteiger partial charge in [-0.05, 0) is 30.5 Å². The molecule has 1 aromatic heterocycles. The Morgan fingerprint density at radius 2 is 2.00 bits per heavy atom. The van der Waals surface area contributed by atoms with Gasteiger partial charge in [0.25, 0.3) is 0 Å². The second-order valence-electron chi connectivity index (χ2n) is 4.35. The number of nitrogens with one attached hydrogen (secondary N) is 1. The SMILES string of the molecule is N#CC1(c2ncc(-c3ccc(Cl)cc3)[nH]2)CC1. The van der Waals surface area contributed by atoms with Crippen LogP contribution in [-0.4, -0.2) is 9.97 Å². The van der Waals surface area contributed by atoms with Crippen molar-refractivity contribution >= 4 is 11.6 Å². The normalized spacial score (nSPS) is 16.5. The Kier molecular flexibility index (Phi) is 2.20. The van der Waals surface area contributed by atoms with Crippen molar-refractivity contribution in [1.82, 2.24) is 9.97 Å². The lowest BCUT2D eigenvalue weighted by Gasteiger charge is -2.00. The first kappa shape index (κ1) is 10.4. The van der Waals surface area contributed by atoms with Crippen LogP contribution in [0.15, 0.2) is 30.5 Å². The van der Waals surface area contributed by atoms with Gasteiger partial charge >= 0.3 is 0 Å². The molecule has 4 heteroatoms. The summed E-state index contributed by atoms with van der Waals surface area (Å²) in [4.78, 5) is 7.53. The Bertz CT molecular complexity index is 588. The van der Waals surface area contributed by atoms with Crippen LogP contribution in [0.2, 0.25) is 5.02 Å². The first-order chi connectivity index (χ1) is 8.23. The molecule has 1 N–H and O–H groups in total. The molecule has 0 unspecified atom stereocenters. The van der Waals surface area contributed by atoms with Gasteiger partial charge in [0.2, 0.25) is 0 Å². The van der Waals surface area contributed by atoms with Gasteiger partial charge in [0.15, 0.2) is 0 Å². The highest BCUT2D eigenvalue weighted by Gasteiger charge is 2.47. The fourth-order valence-corrected chi connectivity index (χ4v) is 1.99. The molecule has 0 amide bonds. The van der Waals surface area contributed by atoms with E-state index in [0.29, 0.717) is 5.02 Å². The summed E-state index contributed by atoms with van der Waals surface area (Å²) in [7, 11) is 0. The van der Waals surface area contributed by atoms with Gasteiger partial charge in [-0.3, -0.25) is 0 Å². The van der Waals surface area contributed by atoms with Crippen molar-refractivity contribution in [2.24, 2.45) is 0 Å². The van der Waals surface area contributed by atoms with Crippen LogP contribution < -0.4 is 0 Å². The van der Waals surface area contributed by atoms with Crippen LogP contribution in [0.1, 0.15) is 18.7 Å². The summed E-state index contributed by atoms with van der Waals surface area (Å²) in [6, 6.07) is 9.88. The van der Waals surface area contributed by atoms with Crippen molar-refractivity contribution in [3.05, 3.63) is 41.3 Å². The minimum atomic E-state index is -0.356. The predicted octanol–water partition coefficient (Wildman–Crippen LogP) is 3.29. The maximum atomic E-state index is 9.10. The molecule has 1 aromatic carbocycles. The van der Waals surface area contributed by atoms with E-state index in [1.165, 1.54) is 0 Å². The van der Waals surface area contributed by atoms with Crippen LogP contribution in [-0.2, 0) is 5.41 Å². The Morgan fingerprint density at radius 3 is 2.59 bits per heavy atom. The topological polar surface area (TPSA) is 52.5 Å². The van der Waals surface area contributed by atoms with Gasteiger partial charge in [-0.1, -0.05) is 23.7 Å². The van der Waals surface area contributed by atoms with Crippen molar-refractivity contribution in [3.8, 4) is 17.3 Å². The van der Waals surface area contributed by atoms with Gasteiger partial charge in [-0.2, -0.15) is 5.26 Å². The lowest BCUT2D eigenvalue weighted by atomic mass is 10.1. The monoisotopic (exact) mass is 243 g/mol. The highest BCUT2D eigenvalue weighted by atomic mass is 35.5. The average molecular weight is 244 g/mol. The van der Waals surface area contributed by atoms with Crippen LogP contribution in [0.4, 0.5) is 0 Å². The van der Waals surface area contributed by atoms with E-state index in [1.807, 2.05) is 24.3 Å². The van der Waals surface area contributed by atoms with Crippen molar-refractivity contribution in [1.29, 1.82) is 5.26 Å². The number of rotatable bonds is 2. The molecule has 2 aromatic rings. The van der Waals surface area contributed by atoms with Gasteiger partial charge in [0, 0.05) is 5.02 Å². The average Bonchev–Trinajstić information content (AvgIpc) is 3.00. The number of nitrogens with zero attached hydrogens (tertiary/aromatic N) is 2. The van der Waals surface area contributed by atoms with E-state index >= 15 is 0 Å². The third-order valence-electron chi connectivity index (χ3n) is 3.15. The Morgan fingerprint density at radius 1 is 1.29 bits per heavy atom. The van der Waals surface area contributed by atoms with Crippen LogP contribution in [0.25, 0.3) is 11.3 Å². The maximum absolute atomic E-state index is 9.10. The van der Waals surface area contributed by atoms with Crippen molar-refractivity contribution in [2.75, 3.05) is 0 Å². The molecule has 3 nitrogen and oxygen atoms in total. The molecule has 0 bridgehead atoms. The highest BCUT2D eigenvalue weighted by molar-refractivity contribution is 6.30. The number of aromatic nitrogens is 2. The number of nitriles is 1. The number of halogens is 1. The highest BCUT2D eigenvalue weighted by Crippen LogP contribution is 2.46. The third-order valence-corrected chi connectivity index (χ3v) is 3.40. The second kappa shape index (κ2) is 3.61. The molecule has 1 saturated carbocycles. The number of H-pyrrole nitrogens is 1. The number of hydrogen-bond donors (Lipinski definition) is 1. The fraction of sp³-hybridized carbons (Fsp3) is 0.231. The van der Waals surface area contributed by atoms with E-state index in [0.717, 1.165) is 29.9 Å². The molecule has 3 rings (SSSR count). The standard InChI is InChI=1S/C13H10ClN3/c14-10-3-1-9(2-4-10)11-7-16-12(17-11)13(8-15)5-6-13/h1-4,7H,5-6H2,(H,16,17). The van der Waals surface area contributed by atoms with Gasteiger partial charge in [-0.25, -0.2) is 4.98 Å². The Labute approximate surface area is 104 Å². The molecule has 17 heavy (non-hydrogen) atoms. The minimum absolute atomic E-state index is 0.356. The lowest BCUT2D eigenvalue weighted by Crippen LogP contribution is -2.04. The maximum Gasteiger partial charge on any atom is 0.127 e. The summed E-state index contributed by atoms with van der Waals surface area (Å²) in [5, 5.41) is 9.81. The smallest absolute Gasteiger partial charge is 0.127 e. The van der Waals surface area contributed by atoms with Gasteiger partial charge in [0.05, 0.1) is 18.0 Å². The largest absolute Gasteiger partial charge is 0.341 e. The van der Waals surface area contributed by atoms with Gasteiger partial charge in [-0.15, -0.1) is 0 Å². The zero-order chi connectivity index (χ0) is 11.9. The number of benzene rings is 1. The zero-order valence-electron chi connectivity index (χ0n) is 9.07. The number of imidazole rings is 1. The van der Waals surface area contributed by atoms with E-state index < -0.39 is 0 Å². The molecule has 0 spiro atoms. The van der Waals surface area contributed by atoms with Crippen LogP contribution in [0, 0.1) is 11.3 Å². The molecule has 1 fully saturated rings. The molecular formula is C13H10ClN3. The van der Waals surface area contributed by atoms with Crippen LogP contribution in [0.5, 0.6) is 0 Å². The van der Waals surface area contributed by atoms with E-state index in [9.17, 15) is 0 Å². The molecule has 0 atom stereocenters. The van der Waals surface area contributed by atoms with Gasteiger partial charge < -0.3 is 4.98 Å². The second-order valence-corrected chi connectivity index (χ2v) is 4.78. The van der Waals surface area contributed by atoms with Crippen LogP contribution >= 0.6 is 11.6 Å². The summed E-state index contributed by atoms with van der Waals surface area (Å²) in [6.45, 7) is 0. The van der Waals surface area contributed by atoms with Crippen LogP contribution in [0.3, 0.4) is 0 Å². The Hall–Kier alpha value is -1.79. The summed E-state index contributed by atoms with van der Waals surface area (Å²) < 4.78 is 0. The van der Waals surface area contributed by atoms with Crippen molar-refractivity contribution in [2.45, 2.75) is 18.3 Å². The lowest BCUT2D eigenvalue weighted by molar-refractivity contribution is 0.822. The number of aromatic amines is 1. The number of hydrogen-bond acceptors (Lipinski definition) is 2. The summed E-state index contributed by atoms with van der Waals surface area (Å²) >= 11 is 5.84. The fourth-order valence-electron chi connectivity index (χ4n) is 1.87. The third kappa shape index (κ3) is 1.71. The molecule has 0 saturated heterocycles. The Balaban J connectivity index is 1.96. The zero-order valence-corrected chi connectivity index (χ0v) is 9.83. The molecule has 1 heterocycles. The molecule has 1 aliphatic carbocycles. The minimum Gasteiger partial charge on any atom is -0.341 e. The van der Waals surface area contributed by atoms with E-state index in [1.54, 1.807) is 6.20 Å². The summed E-state index contributed by atoms with van der Waals surface area (Å²) in [5.74, 6) is 0.782. The van der Waals surface area contributed by atoms with E-state index in [2.05, 4.69) is 16.0 Å². The molecule has 1 aliphatic rings. The summed E-state index contributed by atoms with van der Waals surface area (Å²) in [6.07, 6.45) is 3.57. The predicted molar refractivity (Wildman–Crippen MR) is 65.6 cm³/mol. The van der Waals surface area contributed by atoms with Crippen molar-refractivity contribution in [3.63, 3.8) is 0 Å². The molecule has 84 valence electrons.